The van der Waals surface area contributed by atoms with Crippen LogP contribution in [0.25, 0.3) is 0 Å². The first kappa shape index (κ1) is 22.9. The summed E-state index contributed by atoms with van der Waals surface area (Å²) >= 11 is -1.20. The Morgan fingerprint density at radius 3 is 1.41 bits per heavy atom. The molecule has 0 N–H and O–H groups in total. The van der Waals surface area contributed by atoms with Gasteiger partial charge >= 0.3 is 105 Å². The van der Waals surface area contributed by atoms with E-state index in [1.54, 1.807) is 19.8 Å². The Morgan fingerprint density at radius 2 is 1.18 bits per heavy atom. The fourth-order valence-electron chi connectivity index (χ4n) is 1.10. The third-order valence-electron chi connectivity index (χ3n) is 1.98. The predicted octanol–water partition coefficient (Wildman–Crippen LogP) is -4.58. The van der Waals surface area contributed by atoms with Gasteiger partial charge in [0.25, 0.3) is 0 Å². The van der Waals surface area contributed by atoms with Crippen molar-refractivity contribution < 1.29 is 67.4 Å². The van der Waals surface area contributed by atoms with Gasteiger partial charge in [0.1, 0.15) is 0 Å². The summed E-state index contributed by atoms with van der Waals surface area (Å²) < 4.78 is 3.53. The van der Waals surface area contributed by atoms with E-state index < -0.39 is 23.8 Å². The third kappa shape index (κ3) is 10.4. The number of amides is 2. The molecular formula is C10H20Br2N2O2Zr. The van der Waals surface area contributed by atoms with Crippen molar-refractivity contribution in [2.75, 3.05) is 14.1 Å². The Balaban J connectivity index is -0.000000980. The van der Waals surface area contributed by atoms with Gasteiger partial charge in [0.2, 0.25) is 0 Å². The van der Waals surface area contributed by atoms with E-state index in [-0.39, 0.29) is 45.8 Å². The molecule has 0 radical (unpaired) electrons. The Bertz CT molecular complexity index is 208. The van der Waals surface area contributed by atoms with Gasteiger partial charge in [-0.25, -0.2) is 0 Å². The molecule has 100 valence electrons. The average Bonchev–Trinajstić information content (AvgIpc) is 2.18. The summed E-state index contributed by atoms with van der Waals surface area (Å²) in [4.78, 5) is 23.0. The van der Waals surface area contributed by atoms with Crippen LogP contribution >= 0.6 is 0 Å². The molecule has 0 bridgehead atoms. The Labute approximate surface area is 137 Å². The summed E-state index contributed by atoms with van der Waals surface area (Å²) in [5.74, 6) is 0.334. The van der Waals surface area contributed by atoms with Crippen molar-refractivity contribution in [1.82, 2.24) is 5.69 Å². The van der Waals surface area contributed by atoms with Crippen LogP contribution in [0.5, 0.6) is 0 Å². The minimum Gasteiger partial charge on any atom is -1.00 e. The topological polar surface area (TPSA) is 40.6 Å². The van der Waals surface area contributed by atoms with Crippen LogP contribution in [0.2, 0.25) is 0 Å². The van der Waals surface area contributed by atoms with Crippen LogP contribution in [-0.4, -0.2) is 31.6 Å². The van der Waals surface area contributed by atoms with Crippen molar-refractivity contribution in [1.29, 1.82) is 0 Å². The van der Waals surface area contributed by atoms with Gasteiger partial charge in [0, 0.05) is 0 Å². The standard InChI is InChI=1S/2C5H11NO.2BrH.Zr/c2*1-3-4-5(7)6-2;;;/h2*3-4H2,1-2H3,(H,6,7);2*1H;/q;;;;+4/p-4. The number of nitrogens with zero attached hydrogens (tertiary/aromatic N) is 2. The number of rotatable bonds is 6. The van der Waals surface area contributed by atoms with Crippen LogP contribution in [0, 0.1) is 0 Å². The summed E-state index contributed by atoms with van der Waals surface area (Å²) in [6.45, 7) is 3.98. The number of halogens is 2. The zero-order valence-electron chi connectivity index (χ0n) is 10.8. The van der Waals surface area contributed by atoms with E-state index in [9.17, 15) is 9.59 Å². The van der Waals surface area contributed by atoms with E-state index >= 15 is 0 Å². The molecule has 0 aromatic rings. The van der Waals surface area contributed by atoms with Crippen LogP contribution in [0.1, 0.15) is 39.5 Å². The summed E-state index contributed by atoms with van der Waals surface area (Å²) in [6, 6.07) is 0. The first-order valence-corrected chi connectivity index (χ1v) is 7.52. The molecule has 7 heteroatoms. The molecule has 0 saturated carbocycles. The molecule has 0 aliphatic carbocycles. The molecule has 0 heterocycles. The van der Waals surface area contributed by atoms with Crippen LogP contribution in [0.4, 0.5) is 0 Å². The quantitative estimate of drug-likeness (QED) is 0.408. The van der Waals surface area contributed by atoms with Gasteiger partial charge in [-0.05, 0) is 0 Å². The van der Waals surface area contributed by atoms with E-state index in [1.807, 2.05) is 13.8 Å². The van der Waals surface area contributed by atoms with Crippen molar-refractivity contribution in [2.24, 2.45) is 0 Å². The molecule has 0 aliphatic heterocycles. The van der Waals surface area contributed by atoms with E-state index in [4.69, 9.17) is 0 Å². The molecule has 0 unspecified atom stereocenters. The second-order valence-electron chi connectivity index (χ2n) is 3.51. The largest absolute Gasteiger partial charge is 1.00 e. The summed E-state index contributed by atoms with van der Waals surface area (Å²) in [5.41, 5.74) is 0. The van der Waals surface area contributed by atoms with Gasteiger partial charge in [-0.1, -0.05) is 0 Å². The first-order valence-electron chi connectivity index (χ1n) is 5.32. The summed E-state index contributed by atoms with van der Waals surface area (Å²) in [5, 5.41) is 0. The van der Waals surface area contributed by atoms with Crippen LogP contribution in [0.3, 0.4) is 0 Å². The molecule has 0 saturated heterocycles. The van der Waals surface area contributed by atoms with Gasteiger partial charge in [-0.15, -0.1) is 0 Å². The molecule has 0 aromatic heterocycles. The molecule has 0 aliphatic rings. The molecule has 4 nitrogen and oxygen atoms in total. The van der Waals surface area contributed by atoms with Crippen LogP contribution < -0.4 is 34.0 Å². The van der Waals surface area contributed by atoms with E-state index in [0.717, 1.165) is 12.8 Å². The van der Waals surface area contributed by atoms with Gasteiger partial charge in [0.05, 0.1) is 0 Å². The van der Waals surface area contributed by atoms with Gasteiger partial charge < -0.3 is 34.0 Å². The second-order valence-corrected chi connectivity index (χ2v) is 7.29. The van der Waals surface area contributed by atoms with Crippen LogP contribution in [-0.2, 0) is 33.4 Å². The van der Waals surface area contributed by atoms with Crippen molar-refractivity contribution >= 4 is 11.8 Å². The minimum absolute atomic E-state index is 0. The second kappa shape index (κ2) is 13.2. The number of carbonyl (C=O) groups is 2. The fraction of sp³-hybridized carbons (Fsp3) is 0.800. The predicted molar refractivity (Wildman–Crippen MR) is 55.4 cm³/mol. The van der Waals surface area contributed by atoms with Crippen molar-refractivity contribution in [2.45, 2.75) is 39.5 Å². The van der Waals surface area contributed by atoms with E-state index in [0.29, 0.717) is 12.8 Å². The normalized spacial score (nSPS) is 8.24. The molecule has 0 aromatic carbocycles. The van der Waals surface area contributed by atoms with Crippen LogP contribution in [0.15, 0.2) is 0 Å². The van der Waals surface area contributed by atoms with Gasteiger partial charge in [-0.2, -0.15) is 0 Å². The molecule has 2 amide bonds. The third-order valence-corrected chi connectivity index (χ3v) is 4.68. The smallest absolute Gasteiger partial charge is 1.00 e. The van der Waals surface area contributed by atoms with Crippen molar-refractivity contribution in [3.05, 3.63) is 0 Å². The van der Waals surface area contributed by atoms with Gasteiger partial charge in [-0.3, -0.25) is 0 Å². The molecule has 17 heavy (non-hydrogen) atoms. The zero-order chi connectivity index (χ0) is 11.8. The zero-order valence-corrected chi connectivity index (χ0v) is 16.4. The summed E-state index contributed by atoms with van der Waals surface area (Å²) in [6.07, 6.45) is 2.92. The molecular weight excluding hydrogens is 431 g/mol. The maximum Gasteiger partial charge on any atom is -1.00 e. The SMILES string of the molecule is CCCC(=O)[N](C)[Zr+2][N](C)C(=O)CCC.[Br-].[Br-]. The van der Waals surface area contributed by atoms with Crippen molar-refractivity contribution in [3.8, 4) is 0 Å². The molecule has 0 rings (SSSR count). The average molecular weight is 451 g/mol. The maximum atomic E-state index is 11.5. The Morgan fingerprint density at radius 1 is 0.882 bits per heavy atom. The number of carbonyl (C=O) groups excluding carboxylic acids is 2. The fourth-order valence-corrected chi connectivity index (χ4v) is 3.30. The van der Waals surface area contributed by atoms with Gasteiger partial charge in [0.15, 0.2) is 0 Å². The maximum absolute atomic E-state index is 11.5. The number of hydrogen-bond donors (Lipinski definition) is 0. The number of hydrogen-bond acceptors (Lipinski definition) is 2. The minimum atomic E-state index is -1.20. The van der Waals surface area contributed by atoms with E-state index in [2.05, 4.69) is 0 Å². The molecule has 0 fully saturated rings. The Hall–Kier alpha value is 0.783. The molecule has 0 atom stereocenters. The first-order chi connectivity index (χ1) is 7.02. The molecule has 0 spiro atoms. The summed E-state index contributed by atoms with van der Waals surface area (Å²) in [7, 11) is 3.61. The van der Waals surface area contributed by atoms with E-state index in [1.165, 1.54) is 0 Å². The Kier molecular flexibility index (Phi) is 17.8. The monoisotopic (exact) mass is 448 g/mol. The van der Waals surface area contributed by atoms with Crippen molar-refractivity contribution in [3.63, 3.8) is 0 Å².